The van der Waals surface area contributed by atoms with Gasteiger partial charge in [-0.25, -0.2) is 0 Å². The Hall–Kier alpha value is 3.62. The summed E-state index contributed by atoms with van der Waals surface area (Å²) >= 11 is 0. The Morgan fingerprint density at radius 3 is 0.206 bits per heavy atom. The van der Waals surface area contributed by atoms with E-state index in [1.807, 2.05) is 27.7 Å². The molecule has 0 amide bonds. The molecule has 0 aliphatic rings. The van der Waals surface area contributed by atoms with E-state index in [2.05, 4.69) is 18.9 Å². The van der Waals surface area contributed by atoms with Gasteiger partial charge in [0.25, 0.3) is 0 Å². The largest absolute Gasteiger partial charge is 0.388 e. The number of methoxy groups -OCH3 is 4. The van der Waals surface area contributed by atoms with E-state index in [1.54, 1.807) is 56.9 Å². The summed E-state index contributed by atoms with van der Waals surface area (Å²) in [5, 5.41) is 0. The van der Waals surface area contributed by atoms with Gasteiger partial charge in [-0.15, -0.1) is 0 Å². The molecule has 0 fully saturated rings. The molecule has 0 radical (unpaired) electrons. The summed E-state index contributed by atoms with van der Waals surface area (Å²) in [6.45, 7) is 8.00. The molecule has 0 heterocycles. The fourth-order valence-corrected chi connectivity index (χ4v) is 0. The summed E-state index contributed by atoms with van der Waals surface area (Å²) in [6.07, 6.45) is 0. The summed E-state index contributed by atoms with van der Waals surface area (Å²) in [6, 6.07) is 0. The molecule has 0 rings (SSSR count). The molecule has 7 heteroatoms. The average molecular weight is 605 g/mol. The van der Waals surface area contributed by atoms with Gasteiger partial charge in [-0.2, -0.15) is 0 Å². The summed E-state index contributed by atoms with van der Waals surface area (Å²) in [4.78, 5) is 0. The maximum Gasteiger partial charge on any atom is 0.0351 e. The van der Waals surface area contributed by atoms with Crippen molar-refractivity contribution < 1.29 is 132 Å². The Morgan fingerprint density at radius 2 is 0.206 bits per heavy atom. The second kappa shape index (κ2) is 800. The second-order valence-corrected chi connectivity index (χ2v) is 1.63. The third-order valence-corrected chi connectivity index (χ3v) is 0. The van der Waals surface area contributed by atoms with Crippen LogP contribution in [-0.4, -0.2) is 56.9 Å². The first kappa shape index (κ1) is 272. The predicted octanol–water partition coefficient (Wildman–Crippen LogP) is 12.6. The van der Waals surface area contributed by atoms with Crippen LogP contribution in [-0.2, 0) is 18.9 Å². The molecule has 0 aliphatic heterocycles. The Labute approximate surface area is 323 Å². The van der Waals surface area contributed by atoms with E-state index in [9.17, 15) is 0 Å². The maximum absolute atomic E-state index is 4.25. The summed E-state index contributed by atoms with van der Waals surface area (Å²) in [5.41, 5.74) is 0. The van der Waals surface area contributed by atoms with Crippen LogP contribution in [0.1, 0.15) is 139 Å². The van der Waals surface area contributed by atoms with Crippen LogP contribution in [0.25, 0.3) is 0 Å². The van der Waals surface area contributed by atoms with Crippen LogP contribution in [0, 0.1) is 113 Å². The van der Waals surface area contributed by atoms with Crippen LogP contribution >= 0.6 is 0 Å². The van der Waals surface area contributed by atoms with Crippen molar-refractivity contribution in [2.24, 2.45) is 0 Å². The third-order valence-electron chi connectivity index (χ3n) is 0. The summed E-state index contributed by atoms with van der Waals surface area (Å²) < 4.78 is 17.0. The molecular formula is C27H96Ar3O4. The molecule has 0 saturated heterocycles. The molecule has 0 bridgehead atoms. The van der Waals surface area contributed by atoms with Crippen molar-refractivity contribution in [3.8, 4) is 0 Å². The normalized spacial score (nSPS) is 2.47. The van der Waals surface area contributed by atoms with Crippen molar-refractivity contribution >= 4 is 0 Å². The van der Waals surface area contributed by atoms with Gasteiger partial charge in [0, 0.05) is 170 Å². The summed E-state index contributed by atoms with van der Waals surface area (Å²) in [5.74, 6) is 0. The van der Waals surface area contributed by atoms with Gasteiger partial charge < -0.3 is 18.9 Å². The van der Waals surface area contributed by atoms with Gasteiger partial charge in [-0.3, -0.25) is 0 Å². The van der Waals surface area contributed by atoms with E-state index in [0.717, 1.165) is 0 Å². The smallest absolute Gasteiger partial charge is 0.0351 e. The number of hydrogen-bond donors (Lipinski definition) is 0. The van der Waals surface area contributed by atoms with Crippen molar-refractivity contribution in [1.82, 2.24) is 0 Å². The van der Waals surface area contributed by atoms with Crippen LogP contribution in [0.5, 0.6) is 0 Å². The monoisotopic (exact) mass is 605 g/mol. The molecule has 252 valence electrons. The zero-order valence-corrected chi connectivity index (χ0v) is 16.8. The fraction of sp³-hybridized carbons (Fsp3) is 1.00. The quantitative estimate of drug-likeness (QED) is 0.276. The van der Waals surface area contributed by atoms with Crippen LogP contribution < -0.4 is 0 Å². The second-order valence-electron chi connectivity index (χ2n) is 1.63. The van der Waals surface area contributed by atoms with E-state index in [-0.39, 0.29) is 225 Å². The van der Waals surface area contributed by atoms with Gasteiger partial charge in [0.1, 0.15) is 0 Å². The van der Waals surface area contributed by atoms with Crippen molar-refractivity contribution in [2.45, 2.75) is 139 Å². The Kier molecular flexibility index (Phi) is 6400. The fourth-order valence-electron chi connectivity index (χ4n) is 0. The molecule has 0 spiro atoms. The molecule has 0 aromatic rings. The van der Waals surface area contributed by atoms with Crippen LogP contribution in [0.4, 0.5) is 0 Å². The van der Waals surface area contributed by atoms with E-state index < -0.39 is 0 Å². The molecule has 0 atom stereocenters. The Balaban J connectivity index is -0.00000000146. The van der Waals surface area contributed by atoms with Gasteiger partial charge >= 0.3 is 0 Å². The van der Waals surface area contributed by atoms with Crippen molar-refractivity contribution in [3.05, 3.63) is 0 Å². The van der Waals surface area contributed by atoms with Gasteiger partial charge in [0.2, 0.25) is 0 Å². The zero-order chi connectivity index (χ0) is 14.8. The van der Waals surface area contributed by atoms with Gasteiger partial charge in [-0.1, -0.05) is 139 Å². The van der Waals surface area contributed by atoms with Crippen LogP contribution in [0.15, 0.2) is 0 Å². The Bertz CT molecular complexity index is 39.8. The van der Waals surface area contributed by atoms with E-state index >= 15 is 0 Å². The minimum absolute atomic E-state index is 0. The minimum Gasteiger partial charge on any atom is -0.388 e. The van der Waals surface area contributed by atoms with Crippen molar-refractivity contribution in [1.29, 1.82) is 0 Å². The molecular weight excluding hydrogens is 508 g/mol. The van der Waals surface area contributed by atoms with E-state index in [4.69, 9.17) is 0 Å². The molecule has 34 heavy (non-hydrogen) atoms. The van der Waals surface area contributed by atoms with E-state index in [1.165, 1.54) is 0 Å². The number of rotatable bonds is 0. The van der Waals surface area contributed by atoms with Crippen LogP contribution in [0.3, 0.4) is 0 Å². The molecule has 0 unspecified atom stereocenters. The molecule has 0 aromatic heterocycles. The maximum atomic E-state index is 4.25. The van der Waals surface area contributed by atoms with Gasteiger partial charge in [0.05, 0.1) is 0 Å². The standard InChI is InChI=1S/4C2H6O.2C2H6.15CH4.3Ar/c4*1-3-2;2*1-2;;;;;;;;;;;;;;;;;;/h4*1-2H3;2*1-2H3;15*1H4;;;. The molecule has 0 N–H and O–H groups in total. The molecule has 0 aliphatic carbocycles. The number of hydrogen-bond acceptors (Lipinski definition) is 4. The third kappa shape index (κ3) is 3260. The van der Waals surface area contributed by atoms with Crippen LogP contribution in [0.2, 0.25) is 0 Å². The van der Waals surface area contributed by atoms with Gasteiger partial charge in [-0.05, 0) is 0 Å². The number of ether oxygens (including phenoxy) is 4. The first-order valence-corrected chi connectivity index (χ1v) is 5.27. The molecule has 0 aromatic carbocycles. The molecule has 0 saturated carbocycles. The van der Waals surface area contributed by atoms with Gasteiger partial charge in [0.15, 0.2) is 0 Å². The molecule has 4 nitrogen and oxygen atoms in total. The van der Waals surface area contributed by atoms with E-state index in [0.29, 0.717) is 0 Å². The first-order valence-electron chi connectivity index (χ1n) is 5.27. The van der Waals surface area contributed by atoms with Crippen molar-refractivity contribution in [2.75, 3.05) is 56.9 Å². The first-order chi connectivity index (χ1) is 7.66. The average Bonchev–Trinajstić information content (AvgIpc) is 2.27. The summed E-state index contributed by atoms with van der Waals surface area (Å²) in [7, 11) is 13.0. The topological polar surface area (TPSA) is 36.9 Å². The predicted molar refractivity (Wildman–Crippen MR) is 175 cm³/mol. The minimum atomic E-state index is 0. The zero-order valence-electron chi connectivity index (χ0n) is 14.7. The van der Waals surface area contributed by atoms with Crippen molar-refractivity contribution in [3.63, 3.8) is 0 Å². The Morgan fingerprint density at radius 1 is 0.206 bits per heavy atom. The SMILES string of the molecule is C.C.C.C.C.C.C.C.C.C.C.C.C.C.C.CC.CC.COC.COC.COC.COC.[Ar].[Ar].[Ar].